The molecule has 0 radical (unpaired) electrons. The second kappa shape index (κ2) is 9.89. The Hall–Kier alpha value is -2.29. The molecule has 2 atom stereocenters. The number of nitrogens with one attached hydrogen (secondary N) is 2. The van der Waals surface area contributed by atoms with Crippen molar-refractivity contribution >= 4 is 12.1 Å². The number of nitrogens with zero attached hydrogens (tertiary/aromatic N) is 3. The minimum Gasteiger partial charge on any atom is -0.376 e. The lowest BCUT2D eigenvalue weighted by Crippen LogP contribution is -2.50. The van der Waals surface area contributed by atoms with Crippen molar-refractivity contribution < 1.29 is 9.53 Å². The van der Waals surface area contributed by atoms with Crippen LogP contribution in [0.1, 0.15) is 42.0 Å². The molecule has 1 saturated carbocycles. The molecule has 2 fully saturated rings. The molecule has 168 valence electrons. The average molecular weight is 428 g/mol. The van der Waals surface area contributed by atoms with Crippen LogP contribution in [0.15, 0.2) is 28.1 Å². The van der Waals surface area contributed by atoms with Gasteiger partial charge >= 0.3 is 0 Å². The first-order valence-corrected chi connectivity index (χ1v) is 11.3. The van der Waals surface area contributed by atoms with E-state index in [2.05, 4.69) is 37.7 Å². The smallest absolute Gasteiger partial charge is 0.268 e. The molecule has 0 spiro atoms. The van der Waals surface area contributed by atoms with Crippen LogP contribution in [-0.2, 0) is 22.6 Å². The first kappa shape index (κ1) is 21.9. The lowest BCUT2D eigenvalue weighted by Gasteiger charge is -2.37. The lowest BCUT2D eigenvalue weighted by atomic mass is 9.97. The quantitative estimate of drug-likeness (QED) is 0.523. The highest BCUT2D eigenvalue weighted by molar-refractivity contribution is 5.93. The van der Waals surface area contributed by atoms with Crippen molar-refractivity contribution in [2.24, 2.45) is 4.99 Å². The van der Waals surface area contributed by atoms with Crippen LogP contribution in [0.2, 0.25) is 0 Å². The van der Waals surface area contributed by atoms with E-state index in [-0.39, 0.29) is 17.2 Å². The highest BCUT2D eigenvalue weighted by Crippen LogP contribution is 2.36. The van der Waals surface area contributed by atoms with E-state index < -0.39 is 0 Å². The normalized spacial score (nSPS) is 24.9. The van der Waals surface area contributed by atoms with E-state index in [0.717, 1.165) is 63.2 Å². The Morgan fingerprint density at radius 1 is 1.35 bits per heavy atom. The van der Waals surface area contributed by atoms with E-state index >= 15 is 0 Å². The zero-order valence-corrected chi connectivity index (χ0v) is 18.4. The zero-order valence-electron chi connectivity index (χ0n) is 18.4. The number of pyridine rings is 1. The number of piperazine rings is 1. The summed E-state index contributed by atoms with van der Waals surface area (Å²) >= 11 is 0. The first-order valence-electron chi connectivity index (χ1n) is 11.3. The maximum absolute atomic E-state index is 12.5. The Labute approximate surface area is 183 Å². The van der Waals surface area contributed by atoms with Crippen LogP contribution in [-0.4, -0.2) is 79.3 Å². The van der Waals surface area contributed by atoms with Crippen molar-refractivity contribution in [3.63, 3.8) is 0 Å². The Bertz CT molecular complexity index is 901. The van der Waals surface area contributed by atoms with Crippen LogP contribution in [0.4, 0.5) is 0 Å². The first-order chi connectivity index (χ1) is 15.0. The number of amides is 1. The largest absolute Gasteiger partial charge is 0.376 e. The summed E-state index contributed by atoms with van der Waals surface area (Å²) in [4.78, 5) is 36.1. The van der Waals surface area contributed by atoms with Crippen LogP contribution >= 0.6 is 0 Å². The van der Waals surface area contributed by atoms with Gasteiger partial charge in [0, 0.05) is 69.2 Å². The summed E-state index contributed by atoms with van der Waals surface area (Å²) in [5.74, 6) is 0.192. The molecule has 0 bridgehead atoms. The number of likely N-dealkylation sites (N-methyl/N-ethyl adjacent to an activating group) is 1. The molecule has 3 heterocycles. The Balaban J connectivity index is 1.27. The Morgan fingerprint density at radius 2 is 2.16 bits per heavy atom. The third kappa shape index (κ3) is 5.14. The average Bonchev–Trinajstić information content (AvgIpc) is 3.29. The molecule has 1 saturated heterocycles. The van der Waals surface area contributed by atoms with E-state index in [1.54, 1.807) is 13.3 Å². The number of fused-ring (bicyclic) bond motifs is 1. The molecule has 3 aliphatic rings. The van der Waals surface area contributed by atoms with Crippen molar-refractivity contribution in [1.29, 1.82) is 0 Å². The van der Waals surface area contributed by atoms with Gasteiger partial charge in [-0.1, -0.05) is 6.58 Å². The summed E-state index contributed by atoms with van der Waals surface area (Å²) < 4.78 is 5.44. The lowest BCUT2D eigenvalue weighted by molar-refractivity contribution is -0.117. The molecular weight excluding hydrogens is 394 g/mol. The van der Waals surface area contributed by atoms with Crippen molar-refractivity contribution in [2.45, 2.75) is 44.2 Å². The van der Waals surface area contributed by atoms with Gasteiger partial charge in [-0.15, -0.1) is 0 Å². The summed E-state index contributed by atoms with van der Waals surface area (Å²) in [7, 11) is 1.58. The molecule has 2 N–H and O–H groups in total. The van der Waals surface area contributed by atoms with E-state index in [4.69, 9.17) is 4.74 Å². The maximum Gasteiger partial charge on any atom is 0.268 e. The molecule has 8 heteroatoms. The molecule has 1 aromatic rings. The minimum atomic E-state index is -0.245. The van der Waals surface area contributed by atoms with E-state index in [1.165, 1.54) is 12.0 Å². The Kier molecular flexibility index (Phi) is 6.99. The molecule has 1 aromatic heterocycles. The number of hydrogen-bond donors (Lipinski definition) is 2. The molecule has 4 rings (SSSR count). The standard InChI is InChI=1S/C23H33N5O3/c1-16(22(29)24-2)25-6-7-27-8-10-28(11-9-27)19-4-3-18(13-19)21-14-17-5-12-31-15-20(17)23(30)26-21/h6,14,18-19H,1,3-5,7-13,15H2,2H3,(H,24,29)(H,26,30). The van der Waals surface area contributed by atoms with Gasteiger partial charge in [0.15, 0.2) is 0 Å². The number of H-pyrrole nitrogens is 1. The van der Waals surface area contributed by atoms with Gasteiger partial charge < -0.3 is 15.0 Å². The highest BCUT2D eigenvalue weighted by Gasteiger charge is 2.32. The molecule has 0 aromatic carbocycles. The second-order valence-corrected chi connectivity index (χ2v) is 8.70. The van der Waals surface area contributed by atoms with Gasteiger partial charge in [-0.25, -0.2) is 0 Å². The van der Waals surface area contributed by atoms with Crippen LogP contribution in [0.3, 0.4) is 0 Å². The molecule has 8 nitrogen and oxygen atoms in total. The molecule has 2 aliphatic heterocycles. The minimum absolute atomic E-state index is 0.0324. The topological polar surface area (TPSA) is 90.0 Å². The molecular formula is C23H33N5O3. The predicted octanol–water partition coefficient (Wildman–Crippen LogP) is 1.03. The SMILES string of the molecule is C=C(N=CCN1CCN(C2CCC(c3cc4c(c(=O)[nH]3)COCC4)C2)CC1)C(=O)NC. The Morgan fingerprint density at radius 3 is 2.94 bits per heavy atom. The van der Waals surface area contributed by atoms with Gasteiger partial charge in [-0.3, -0.25) is 24.4 Å². The number of carbonyl (C=O) groups is 1. The van der Waals surface area contributed by atoms with Gasteiger partial charge in [-0.2, -0.15) is 0 Å². The van der Waals surface area contributed by atoms with Crippen LogP contribution in [0.25, 0.3) is 0 Å². The van der Waals surface area contributed by atoms with Gasteiger partial charge in [-0.05, 0) is 37.3 Å². The number of aromatic amines is 1. The third-order valence-corrected chi connectivity index (χ3v) is 6.86. The van der Waals surface area contributed by atoms with Gasteiger partial charge in [0.2, 0.25) is 0 Å². The fraction of sp³-hybridized carbons (Fsp3) is 0.609. The van der Waals surface area contributed by atoms with Gasteiger partial charge in [0.25, 0.3) is 11.5 Å². The fourth-order valence-corrected chi connectivity index (χ4v) is 4.97. The number of rotatable bonds is 6. The summed E-state index contributed by atoms with van der Waals surface area (Å²) in [5.41, 5.74) is 3.36. The molecule has 2 unspecified atom stereocenters. The van der Waals surface area contributed by atoms with Crippen LogP contribution in [0.5, 0.6) is 0 Å². The van der Waals surface area contributed by atoms with Crippen molar-refractivity contribution in [3.8, 4) is 0 Å². The number of ether oxygens (including phenoxy) is 1. The van der Waals surface area contributed by atoms with Crippen molar-refractivity contribution in [1.82, 2.24) is 20.1 Å². The van der Waals surface area contributed by atoms with E-state index in [1.807, 2.05) is 0 Å². The summed E-state index contributed by atoms with van der Waals surface area (Å²) in [5, 5.41) is 2.53. The fourth-order valence-electron chi connectivity index (χ4n) is 4.97. The maximum atomic E-state index is 12.5. The highest BCUT2D eigenvalue weighted by atomic mass is 16.5. The molecule has 1 amide bonds. The van der Waals surface area contributed by atoms with Gasteiger partial charge in [0.05, 0.1) is 13.2 Å². The van der Waals surface area contributed by atoms with Crippen molar-refractivity contribution in [3.05, 3.63) is 45.5 Å². The zero-order chi connectivity index (χ0) is 21.8. The van der Waals surface area contributed by atoms with Gasteiger partial charge in [0.1, 0.15) is 5.70 Å². The molecule has 1 aliphatic carbocycles. The number of aliphatic imine (C=N–C) groups is 1. The number of aromatic nitrogens is 1. The van der Waals surface area contributed by atoms with Crippen LogP contribution < -0.4 is 10.9 Å². The predicted molar refractivity (Wildman–Crippen MR) is 121 cm³/mol. The van der Waals surface area contributed by atoms with Crippen LogP contribution in [0, 0.1) is 0 Å². The van der Waals surface area contributed by atoms with E-state index in [9.17, 15) is 9.59 Å². The summed E-state index contributed by atoms with van der Waals surface area (Å²) in [6.45, 7) is 9.62. The number of carbonyl (C=O) groups excluding carboxylic acids is 1. The molecule has 31 heavy (non-hydrogen) atoms. The van der Waals surface area contributed by atoms with E-state index in [0.29, 0.717) is 25.2 Å². The summed E-state index contributed by atoms with van der Waals surface area (Å²) in [6, 6.07) is 2.80. The monoisotopic (exact) mass is 427 g/mol. The number of hydrogen-bond acceptors (Lipinski definition) is 6. The summed E-state index contributed by atoms with van der Waals surface area (Å²) in [6.07, 6.45) is 6.03. The third-order valence-electron chi connectivity index (χ3n) is 6.86. The van der Waals surface area contributed by atoms with Crippen molar-refractivity contribution in [2.75, 3.05) is 46.4 Å². The second-order valence-electron chi connectivity index (χ2n) is 8.70.